The fraction of sp³-hybridized carbons (Fsp3) is 0.350. The normalized spacial score (nSPS) is 13.8. The first-order valence-electron chi connectivity index (χ1n) is 8.75. The van der Waals surface area contributed by atoms with Crippen LogP contribution in [0.5, 0.6) is 0 Å². The van der Waals surface area contributed by atoms with Crippen molar-refractivity contribution in [2.45, 2.75) is 37.3 Å². The molecule has 0 atom stereocenters. The molecule has 4 nitrogen and oxygen atoms in total. The highest BCUT2D eigenvalue weighted by Gasteiger charge is 2.16. The van der Waals surface area contributed by atoms with Crippen LogP contribution in [0.2, 0.25) is 5.02 Å². The van der Waals surface area contributed by atoms with Gasteiger partial charge in [0.05, 0.1) is 5.69 Å². The molecule has 0 saturated carbocycles. The summed E-state index contributed by atoms with van der Waals surface area (Å²) < 4.78 is 0. The Morgan fingerprint density at radius 1 is 1.23 bits per heavy atom. The van der Waals surface area contributed by atoms with Gasteiger partial charge in [-0.15, -0.1) is 0 Å². The average molecular weight is 385 g/mol. The van der Waals surface area contributed by atoms with Crippen LogP contribution in [0.4, 0.5) is 5.82 Å². The molecule has 1 N–H and O–H groups in total. The number of aromatic nitrogens is 2. The van der Waals surface area contributed by atoms with Crippen LogP contribution in [0.25, 0.3) is 11.3 Å². The lowest BCUT2D eigenvalue weighted by Crippen LogP contribution is -2.09. The Labute approximate surface area is 163 Å². The minimum Gasteiger partial charge on any atom is -0.368 e. The van der Waals surface area contributed by atoms with Gasteiger partial charge in [-0.2, -0.15) is 5.26 Å². The monoisotopic (exact) mass is 384 g/mol. The second-order valence-corrected chi connectivity index (χ2v) is 7.40. The molecule has 0 saturated heterocycles. The predicted molar refractivity (Wildman–Crippen MR) is 109 cm³/mol. The number of hydrogen-bond acceptors (Lipinski definition) is 5. The lowest BCUT2D eigenvalue weighted by Gasteiger charge is -2.15. The number of allylic oxidation sites excluding steroid dienone is 1. The topological polar surface area (TPSA) is 61.6 Å². The summed E-state index contributed by atoms with van der Waals surface area (Å²) in [6.45, 7) is 0.769. The van der Waals surface area contributed by atoms with Gasteiger partial charge >= 0.3 is 0 Å². The van der Waals surface area contributed by atoms with Crippen LogP contribution < -0.4 is 5.32 Å². The summed E-state index contributed by atoms with van der Waals surface area (Å²) >= 11 is 7.45. The van der Waals surface area contributed by atoms with Gasteiger partial charge in [-0.1, -0.05) is 47.1 Å². The molecule has 6 heteroatoms. The van der Waals surface area contributed by atoms with E-state index < -0.39 is 0 Å². The molecule has 26 heavy (non-hydrogen) atoms. The molecule has 0 bridgehead atoms. The van der Waals surface area contributed by atoms with Crippen LogP contribution in [0.3, 0.4) is 0 Å². The van der Waals surface area contributed by atoms with Crippen LogP contribution in [0.1, 0.15) is 37.7 Å². The zero-order valence-corrected chi connectivity index (χ0v) is 16.3. The lowest BCUT2D eigenvalue weighted by molar-refractivity contribution is 0.679. The minimum atomic E-state index is 0.475. The molecule has 0 radical (unpaired) electrons. The summed E-state index contributed by atoms with van der Waals surface area (Å²) in [5, 5.41) is 14.4. The van der Waals surface area contributed by atoms with Gasteiger partial charge in [-0.3, -0.25) is 0 Å². The van der Waals surface area contributed by atoms with Gasteiger partial charge in [0.25, 0.3) is 0 Å². The highest BCUT2D eigenvalue weighted by molar-refractivity contribution is 7.98. The SMILES string of the molecule is CSc1nc(NCCC2=CCCCC2)c(C#N)c(-c2ccc(Cl)cc2)n1. The molecule has 1 aromatic carbocycles. The first kappa shape index (κ1) is 18.8. The Bertz CT molecular complexity index is 840. The minimum absolute atomic E-state index is 0.475. The van der Waals surface area contributed by atoms with Gasteiger partial charge in [-0.05, 0) is 50.5 Å². The summed E-state index contributed by atoms with van der Waals surface area (Å²) in [6.07, 6.45) is 10.2. The second-order valence-electron chi connectivity index (χ2n) is 6.19. The Kier molecular flexibility index (Phi) is 6.54. The van der Waals surface area contributed by atoms with Crippen molar-refractivity contribution in [2.24, 2.45) is 0 Å². The Hall–Kier alpha value is -2.03. The van der Waals surface area contributed by atoms with E-state index in [-0.39, 0.29) is 0 Å². The average Bonchev–Trinajstić information content (AvgIpc) is 2.68. The van der Waals surface area contributed by atoms with E-state index >= 15 is 0 Å². The van der Waals surface area contributed by atoms with Crippen molar-refractivity contribution in [3.8, 4) is 17.3 Å². The van der Waals surface area contributed by atoms with Crippen LogP contribution in [-0.2, 0) is 0 Å². The van der Waals surface area contributed by atoms with Gasteiger partial charge in [0.2, 0.25) is 0 Å². The highest BCUT2D eigenvalue weighted by atomic mass is 35.5. The number of nitrogens with one attached hydrogen (secondary N) is 1. The van der Waals surface area contributed by atoms with Crippen LogP contribution >= 0.6 is 23.4 Å². The molecular weight excluding hydrogens is 364 g/mol. The molecule has 0 amide bonds. The fourth-order valence-corrected chi connectivity index (χ4v) is 3.55. The molecule has 0 spiro atoms. The van der Waals surface area contributed by atoms with E-state index in [2.05, 4.69) is 27.4 Å². The number of rotatable bonds is 6. The Morgan fingerprint density at radius 3 is 2.69 bits per heavy atom. The van der Waals surface area contributed by atoms with Crippen molar-refractivity contribution in [3.63, 3.8) is 0 Å². The highest BCUT2D eigenvalue weighted by Crippen LogP contribution is 2.29. The Balaban J connectivity index is 1.86. The molecule has 3 rings (SSSR count). The van der Waals surface area contributed by atoms with Gasteiger partial charge in [-0.25, -0.2) is 9.97 Å². The fourth-order valence-electron chi connectivity index (χ4n) is 3.06. The summed E-state index contributed by atoms with van der Waals surface area (Å²) in [7, 11) is 0. The van der Waals surface area contributed by atoms with E-state index in [0.717, 1.165) is 18.5 Å². The molecule has 134 valence electrons. The molecular formula is C20H21ClN4S. The summed E-state index contributed by atoms with van der Waals surface area (Å²) in [6, 6.07) is 9.65. The summed E-state index contributed by atoms with van der Waals surface area (Å²) in [4.78, 5) is 9.08. The maximum atomic E-state index is 9.71. The second kappa shape index (κ2) is 9.07. The van der Waals surface area contributed by atoms with E-state index in [9.17, 15) is 5.26 Å². The molecule has 1 aliphatic carbocycles. The van der Waals surface area contributed by atoms with Crippen molar-refractivity contribution in [1.29, 1.82) is 5.26 Å². The molecule has 2 aromatic rings. The van der Waals surface area contributed by atoms with Crippen molar-refractivity contribution in [1.82, 2.24) is 9.97 Å². The quantitative estimate of drug-likeness (QED) is 0.393. The molecule has 0 fully saturated rings. The first-order valence-corrected chi connectivity index (χ1v) is 10.4. The number of anilines is 1. The largest absolute Gasteiger partial charge is 0.368 e. The third kappa shape index (κ3) is 4.57. The predicted octanol–water partition coefficient (Wildman–Crippen LogP) is 5.69. The zero-order valence-electron chi connectivity index (χ0n) is 14.8. The smallest absolute Gasteiger partial charge is 0.189 e. The van der Waals surface area contributed by atoms with E-state index in [1.165, 1.54) is 43.0 Å². The number of thioether (sulfide) groups is 1. The standard InChI is InChI=1S/C20H21ClN4S/c1-26-20-24-18(15-7-9-16(21)10-8-15)17(13-22)19(25-20)23-12-11-14-5-3-2-4-6-14/h5,7-10H,2-4,6,11-12H2,1H3,(H,23,24,25). The molecule has 1 heterocycles. The Morgan fingerprint density at radius 2 is 2.04 bits per heavy atom. The zero-order chi connectivity index (χ0) is 18.4. The number of hydrogen-bond donors (Lipinski definition) is 1. The third-order valence-corrected chi connectivity index (χ3v) is 5.22. The summed E-state index contributed by atoms with van der Waals surface area (Å²) in [5.74, 6) is 0.605. The maximum absolute atomic E-state index is 9.71. The summed E-state index contributed by atoms with van der Waals surface area (Å²) in [5.41, 5.74) is 3.48. The van der Waals surface area contributed by atoms with Gasteiger partial charge in [0.15, 0.2) is 5.16 Å². The van der Waals surface area contributed by atoms with Crippen molar-refractivity contribution in [3.05, 3.63) is 46.5 Å². The van der Waals surface area contributed by atoms with Gasteiger partial charge < -0.3 is 5.32 Å². The number of benzene rings is 1. The molecule has 0 aliphatic heterocycles. The van der Waals surface area contributed by atoms with Gasteiger partial charge in [0, 0.05) is 17.1 Å². The van der Waals surface area contributed by atoms with E-state index in [1.807, 2.05) is 30.5 Å². The first-order chi connectivity index (χ1) is 12.7. The molecule has 1 aliphatic rings. The van der Waals surface area contributed by atoms with E-state index in [4.69, 9.17) is 11.6 Å². The molecule has 1 aromatic heterocycles. The maximum Gasteiger partial charge on any atom is 0.189 e. The van der Waals surface area contributed by atoms with Crippen LogP contribution in [-0.4, -0.2) is 22.8 Å². The van der Waals surface area contributed by atoms with E-state index in [1.54, 1.807) is 0 Å². The third-order valence-electron chi connectivity index (χ3n) is 4.42. The van der Waals surface area contributed by atoms with Crippen molar-refractivity contribution in [2.75, 3.05) is 18.1 Å². The lowest BCUT2D eigenvalue weighted by atomic mass is 9.97. The number of nitriles is 1. The van der Waals surface area contributed by atoms with Crippen LogP contribution in [0.15, 0.2) is 41.1 Å². The molecule has 0 unspecified atom stereocenters. The van der Waals surface area contributed by atoms with Crippen LogP contribution in [0, 0.1) is 11.3 Å². The van der Waals surface area contributed by atoms with Crippen molar-refractivity contribution >= 4 is 29.2 Å². The van der Waals surface area contributed by atoms with Gasteiger partial charge in [0.1, 0.15) is 17.5 Å². The van der Waals surface area contributed by atoms with E-state index in [0.29, 0.717) is 27.3 Å². The number of halogens is 1. The van der Waals surface area contributed by atoms with Crippen molar-refractivity contribution < 1.29 is 0 Å². The number of nitrogens with zero attached hydrogens (tertiary/aromatic N) is 3.